The van der Waals surface area contributed by atoms with Gasteiger partial charge in [-0.05, 0) is 117 Å². The van der Waals surface area contributed by atoms with Gasteiger partial charge in [0, 0.05) is 46.7 Å². The van der Waals surface area contributed by atoms with Gasteiger partial charge in [-0.25, -0.2) is 21.6 Å². The molecule has 11 nitrogen and oxygen atoms in total. The Balaban J connectivity index is 1.54. The smallest absolute Gasteiger partial charge is 0.243 e. The van der Waals surface area contributed by atoms with Crippen LogP contribution in [0.4, 0.5) is 11.4 Å². The topological polar surface area (TPSA) is 148 Å². The van der Waals surface area contributed by atoms with Gasteiger partial charge in [0.25, 0.3) is 0 Å². The number of nitrogens with zero attached hydrogens (tertiary/aromatic N) is 3. The van der Waals surface area contributed by atoms with Crippen molar-refractivity contribution in [1.29, 1.82) is 0 Å². The summed E-state index contributed by atoms with van der Waals surface area (Å²) in [6.45, 7) is 20.1. The largest absolute Gasteiger partial charge is 0.303 e. The number of hydrogen-bond acceptors (Lipinski definition) is 9. The van der Waals surface area contributed by atoms with E-state index in [0.717, 1.165) is 64.5 Å². The molecule has 0 aliphatic heterocycles. The molecule has 2 aliphatic carbocycles. The lowest BCUT2D eigenvalue weighted by Crippen LogP contribution is -2.46. The fourth-order valence-corrected chi connectivity index (χ4v) is 11.8. The van der Waals surface area contributed by atoms with Crippen molar-refractivity contribution in [3.8, 4) is 0 Å². The van der Waals surface area contributed by atoms with E-state index in [1.165, 1.54) is 24.3 Å². The maximum absolute atomic E-state index is 14.7. The lowest BCUT2D eigenvalue weighted by atomic mass is 9.71. The van der Waals surface area contributed by atoms with Gasteiger partial charge < -0.3 is 4.90 Å². The first-order valence-corrected chi connectivity index (χ1v) is 22.3. The summed E-state index contributed by atoms with van der Waals surface area (Å²) in [4.78, 5) is 14.9. The number of hydrogen-bond donors (Lipinski definition) is 3. The molecule has 0 spiro atoms. The normalized spacial score (nSPS) is 22.2. The van der Waals surface area contributed by atoms with Crippen LogP contribution in [-0.2, 0) is 20.0 Å². The Morgan fingerprint density at radius 2 is 1.21 bits per heavy atom. The molecule has 2 aliphatic rings. The molecule has 0 atom stereocenters. The quantitative estimate of drug-likeness (QED) is 0.0886. The molecule has 0 heterocycles. The van der Waals surface area contributed by atoms with Crippen LogP contribution >= 0.6 is 0 Å². The van der Waals surface area contributed by atoms with Crippen molar-refractivity contribution in [2.75, 3.05) is 31.7 Å². The summed E-state index contributed by atoms with van der Waals surface area (Å²) in [5.74, 6) is 1.03. The molecule has 5 rings (SSSR count). The molecule has 13 heteroatoms. The lowest BCUT2D eigenvalue weighted by Gasteiger charge is -2.41. The minimum atomic E-state index is -4.04. The Labute approximate surface area is 317 Å². The second-order valence-electron chi connectivity index (χ2n) is 17.4. The van der Waals surface area contributed by atoms with Gasteiger partial charge in [0.15, 0.2) is 0 Å². The number of nitroso groups, excluding NO2 is 1. The number of sulfonamides is 2. The molecule has 3 aromatic rings. The molecular formula is C40H61N5O6S2. The molecule has 3 N–H and O–H groups in total. The number of anilines is 1. The van der Waals surface area contributed by atoms with Crippen molar-refractivity contribution >= 4 is 53.0 Å². The third-order valence-electron chi connectivity index (χ3n) is 12.3. The van der Waals surface area contributed by atoms with Crippen LogP contribution in [0.25, 0.3) is 21.5 Å². The van der Waals surface area contributed by atoms with Gasteiger partial charge in [-0.2, -0.15) is 4.31 Å². The Hall–Kier alpha value is -2.68. The standard InChI is InChI=1S/C40H61N5O6S2/c1-9-44(10-2)23-24-45(30-17-13-28(14-18-30)40(6,7)8)53(50,51)32-20-22-34-36(26-32)38(42-47)35-25-31(19-21-33(35)37(34)41-46)52(48,49)43-29-15-11-27(12-16-29)39(3,4)5/h19-22,25-30,41,43,46H,9-18,23-24H2,1-8H3. The van der Waals surface area contributed by atoms with Crippen molar-refractivity contribution in [2.45, 2.75) is 129 Å². The Morgan fingerprint density at radius 1 is 0.717 bits per heavy atom. The molecule has 2 saturated carbocycles. The van der Waals surface area contributed by atoms with Crippen LogP contribution in [0.3, 0.4) is 0 Å². The Bertz CT molecular complexity index is 1990. The second kappa shape index (κ2) is 16.2. The molecule has 0 saturated heterocycles. The zero-order valence-corrected chi connectivity index (χ0v) is 34.5. The van der Waals surface area contributed by atoms with E-state index in [2.05, 4.69) is 75.7 Å². The number of rotatable bonds is 13. The SMILES string of the molecule is CCN(CC)CCN(C1CCC(C(C)(C)C)CC1)S(=O)(=O)c1ccc2c(NO)c3ccc(S(=O)(=O)NC4CCC(C(C)(C)C)CC4)cc3c(N=O)c2c1. The molecule has 294 valence electrons. The monoisotopic (exact) mass is 771 g/mol. The van der Waals surface area contributed by atoms with Crippen LogP contribution < -0.4 is 10.2 Å². The highest BCUT2D eigenvalue weighted by Gasteiger charge is 2.38. The van der Waals surface area contributed by atoms with Crippen molar-refractivity contribution < 1.29 is 22.0 Å². The van der Waals surface area contributed by atoms with Crippen LogP contribution in [0.15, 0.2) is 51.4 Å². The molecule has 0 amide bonds. The molecule has 2 fully saturated rings. The van der Waals surface area contributed by atoms with Gasteiger partial charge in [-0.3, -0.25) is 10.7 Å². The maximum Gasteiger partial charge on any atom is 0.243 e. The zero-order valence-electron chi connectivity index (χ0n) is 32.9. The number of benzene rings is 3. The van der Waals surface area contributed by atoms with E-state index in [-0.39, 0.29) is 54.9 Å². The number of nitrogens with one attached hydrogen (secondary N) is 2. The van der Waals surface area contributed by atoms with Gasteiger partial charge in [-0.15, -0.1) is 4.91 Å². The van der Waals surface area contributed by atoms with Crippen LogP contribution in [0.5, 0.6) is 0 Å². The second-order valence-corrected chi connectivity index (χ2v) is 21.0. The zero-order chi connectivity index (χ0) is 38.9. The van der Waals surface area contributed by atoms with Gasteiger partial charge in [-0.1, -0.05) is 67.5 Å². The third-order valence-corrected chi connectivity index (χ3v) is 15.8. The van der Waals surface area contributed by atoms with Gasteiger partial charge in [0.2, 0.25) is 20.0 Å². The molecular weight excluding hydrogens is 711 g/mol. The maximum atomic E-state index is 14.7. The lowest BCUT2D eigenvalue weighted by molar-refractivity contribution is 0.129. The average molecular weight is 772 g/mol. The first-order chi connectivity index (χ1) is 24.8. The summed E-state index contributed by atoms with van der Waals surface area (Å²) in [5.41, 5.74) is 2.67. The summed E-state index contributed by atoms with van der Waals surface area (Å²) in [5, 5.41) is 14.9. The highest BCUT2D eigenvalue weighted by molar-refractivity contribution is 7.89. The first kappa shape index (κ1) is 41.5. The summed E-state index contributed by atoms with van der Waals surface area (Å²) < 4.78 is 61.2. The van der Waals surface area contributed by atoms with E-state index in [1.807, 2.05) is 0 Å². The fourth-order valence-electron chi connectivity index (χ4n) is 8.72. The summed E-state index contributed by atoms with van der Waals surface area (Å²) in [7, 11) is -8.01. The summed E-state index contributed by atoms with van der Waals surface area (Å²) in [6.07, 6.45) is 6.75. The molecule has 0 aromatic heterocycles. The molecule has 0 radical (unpaired) electrons. The van der Waals surface area contributed by atoms with E-state index in [0.29, 0.717) is 35.7 Å². The molecule has 0 unspecified atom stereocenters. The van der Waals surface area contributed by atoms with E-state index in [1.54, 1.807) is 16.4 Å². The van der Waals surface area contributed by atoms with Gasteiger partial charge in [0.1, 0.15) is 5.69 Å². The van der Waals surface area contributed by atoms with E-state index in [4.69, 9.17) is 0 Å². The van der Waals surface area contributed by atoms with Gasteiger partial charge >= 0.3 is 0 Å². The first-order valence-electron chi connectivity index (χ1n) is 19.4. The van der Waals surface area contributed by atoms with Crippen molar-refractivity contribution in [1.82, 2.24) is 13.9 Å². The molecule has 53 heavy (non-hydrogen) atoms. The number of fused-ring (bicyclic) bond motifs is 2. The molecule has 3 aromatic carbocycles. The highest BCUT2D eigenvalue weighted by atomic mass is 32.2. The average Bonchev–Trinajstić information content (AvgIpc) is 3.11. The van der Waals surface area contributed by atoms with E-state index in [9.17, 15) is 26.9 Å². The minimum Gasteiger partial charge on any atom is -0.303 e. The van der Waals surface area contributed by atoms with Crippen LogP contribution in [0.2, 0.25) is 0 Å². The highest BCUT2D eigenvalue weighted by Crippen LogP contribution is 2.45. The predicted molar refractivity (Wildman–Crippen MR) is 215 cm³/mol. The Morgan fingerprint density at radius 3 is 1.68 bits per heavy atom. The van der Waals surface area contributed by atoms with E-state index < -0.39 is 20.0 Å². The summed E-state index contributed by atoms with van der Waals surface area (Å²) in [6, 6.07) is 8.55. The van der Waals surface area contributed by atoms with Crippen molar-refractivity contribution in [2.24, 2.45) is 27.8 Å². The van der Waals surface area contributed by atoms with Crippen LogP contribution in [-0.4, -0.2) is 69.5 Å². The Kier molecular flexibility index (Phi) is 12.7. The fraction of sp³-hybridized carbons (Fsp3) is 0.650. The van der Waals surface area contributed by atoms with Crippen molar-refractivity contribution in [3.63, 3.8) is 0 Å². The van der Waals surface area contributed by atoms with Crippen LogP contribution in [0.1, 0.15) is 107 Å². The van der Waals surface area contributed by atoms with Gasteiger partial charge in [0.05, 0.1) is 15.5 Å². The third kappa shape index (κ3) is 8.91. The minimum absolute atomic E-state index is 0.0203. The van der Waals surface area contributed by atoms with E-state index >= 15 is 0 Å². The number of likely N-dealkylation sites (N-methyl/N-ethyl adjacent to an activating group) is 1. The molecule has 0 bridgehead atoms. The predicted octanol–water partition coefficient (Wildman–Crippen LogP) is 9.01. The summed E-state index contributed by atoms with van der Waals surface area (Å²) >= 11 is 0. The van der Waals surface area contributed by atoms with Crippen LogP contribution in [0, 0.1) is 27.6 Å². The van der Waals surface area contributed by atoms with Crippen molar-refractivity contribution in [3.05, 3.63) is 41.3 Å².